The second kappa shape index (κ2) is 11.3. The number of carboxylic acids is 2. The molecule has 0 saturated carbocycles. The Morgan fingerprint density at radius 3 is 1.94 bits per heavy atom. The molecule has 99 valence electrons. The Kier molecular flexibility index (Phi) is 12.1. The summed E-state index contributed by atoms with van der Waals surface area (Å²) in [6, 6.07) is -1.00. The lowest BCUT2D eigenvalue weighted by atomic mass is 10.2. The van der Waals surface area contributed by atoms with E-state index >= 15 is 0 Å². The highest BCUT2D eigenvalue weighted by Crippen LogP contribution is 2.03. The fourth-order valence-corrected chi connectivity index (χ4v) is 0.895. The molecule has 1 saturated heterocycles. The van der Waals surface area contributed by atoms with Crippen molar-refractivity contribution in [3.8, 4) is 0 Å². The summed E-state index contributed by atoms with van der Waals surface area (Å²) in [5.74, 6) is -1.68. The van der Waals surface area contributed by atoms with Gasteiger partial charge in [-0.2, -0.15) is 0 Å². The Hall–Kier alpha value is -1.16. The molecule has 1 heterocycles. The molecule has 8 nitrogen and oxygen atoms in total. The molecule has 1 rings (SSSR count). The molecule has 0 bridgehead atoms. The molecule has 0 unspecified atom stereocenters. The first-order valence-corrected chi connectivity index (χ1v) is 4.91. The highest BCUT2D eigenvalue weighted by molar-refractivity contribution is 6.13. The molecule has 2 atom stereocenters. The number of hydrogen-bond donors (Lipinski definition) is 6. The topological polar surface area (TPSA) is 153 Å². The van der Waals surface area contributed by atoms with Crippen LogP contribution in [0.4, 0.5) is 0 Å². The number of hydrogen-bond acceptors (Lipinski definition) is 6. The molecule has 7 N–H and O–H groups in total. The number of rotatable bonds is 2. The van der Waals surface area contributed by atoms with Crippen LogP contribution in [-0.4, -0.2) is 58.5 Å². The molecular weight excluding hydrogens is 231 g/mol. The molecule has 0 aromatic rings. The van der Waals surface area contributed by atoms with Gasteiger partial charge < -0.3 is 31.3 Å². The second-order valence-electron chi connectivity index (χ2n) is 3.23. The summed E-state index contributed by atoms with van der Waals surface area (Å²) in [6.07, 6.45) is 1.78. The van der Waals surface area contributed by atoms with Gasteiger partial charge in [-0.05, 0) is 26.3 Å². The van der Waals surface area contributed by atoms with Crippen molar-refractivity contribution in [3.63, 3.8) is 0 Å². The number of carboxylic acid groups (broad SMARTS) is 2. The van der Waals surface area contributed by atoms with Crippen molar-refractivity contribution in [3.05, 3.63) is 0 Å². The fraction of sp³-hybridized carbons (Fsp3) is 0.750. The van der Waals surface area contributed by atoms with Crippen molar-refractivity contribution < 1.29 is 29.9 Å². The second-order valence-corrected chi connectivity index (χ2v) is 3.23. The van der Waals surface area contributed by atoms with Crippen LogP contribution < -0.4 is 11.1 Å². The van der Waals surface area contributed by atoms with Gasteiger partial charge in [-0.25, -0.2) is 0 Å². The molecule has 0 amide bonds. The Labute approximate surface area is 99.7 Å². The Morgan fingerprint density at radius 1 is 1.41 bits per heavy atom. The first kappa shape index (κ1) is 18.2. The van der Waals surface area contributed by atoms with E-state index in [1.165, 1.54) is 6.92 Å². The summed E-state index contributed by atoms with van der Waals surface area (Å²) in [6.45, 7) is 2.28. The van der Waals surface area contributed by atoms with Gasteiger partial charge >= 0.3 is 19.6 Å². The van der Waals surface area contributed by atoms with Crippen molar-refractivity contribution >= 4 is 19.6 Å². The molecule has 1 radical (unpaired) electrons. The molecule has 9 heteroatoms. The van der Waals surface area contributed by atoms with Crippen molar-refractivity contribution in [2.75, 3.05) is 6.54 Å². The monoisotopic (exact) mass is 249 g/mol. The van der Waals surface area contributed by atoms with E-state index in [1.807, 2.05) is 0 Å². The quantitative estimate of drug-likeness (QED) is 0.300. The Morgan fingerprint density at radius 2 is 1.82 bits per heavy atom. The third-order valence-corrected chi connectivity index (χ3v) is 1.75. The summed E-state index contributed by atoms with van der Waals surface area (Å²) >= 11 is 0. The van der Waals surface area contributed by atoms with Gasteiger partial charge in [0.15, 0.2) is 0 Å². The molecule has 0 aliphatic carbocycles. The number of carbonyl (C=O) groups is 2. The van der Waals surface area contributed by atoms with E-state index in [2.05, 4.69) is 5.32 Å². The van der Waals surface area contributed by atoms with Crippen LogP contribution in [0, 0.1) is 0 Å². The smallest absolute Gasteiger partial charge is 0.480 e. The minimum Gasteiger partial charge on any atom is -0.480 e. The fourth-order valence-electron chi connectivity index (χ4n) is 0.895. The van der Waals surface area contributed by atoms with Gasteiger partial charge in [0.25, 0.3) is 0 Å². The van der Waals surface area contributed by atoms with Gasteiger partial charge in [-0.15, -0.1) is 0 Å². The number of nitrogens with two attached hydrogens (primary N) is 1. The van der Waals surface area contributed by atoms with E-state index in [1.54, 1.807) is 0 Å². The van der Waals surface area contributed by atoms with Gasteiger partial charge in [0.1, 0.15) is 12.1 Å². The zero-order chi connectivity index (χ0) is 13.8. The maximum absolute atomic E-state index is 10.1. The number of nitrogens with one attached hydrogen (secondary N) is 1. The van der Waals surface area contributed by atoms with Crippen molar-refractivity contribution in [1.82, 2.24) is 5.32 Å². The van der Waals surface area contributed by atoms with E-state index in [4.69, 9.17) is 26.0 Å². The lowest BCUT2D eigenvalue weighted by Gasteiger charge is -1.99. The molecular formula is C8H18BN2O6. The molecule has 17 heavy (non-hydrogen) atoms. The van der Waals surface area contributed by atoms with Crippen LogP contribution in [0.5, 0.6) is 0 Å². The lowest BCUT2D eigenvalue weighted by molar-refractivity contribution is -0.139. The van der Waals surface area contributed by atoms with Crippen LogP contribution in [0.25, 0.3) is 0 Å². The Balaban J connectivity index is 0. The third-order valence-electron chi connectivity index (χ3n) is 1.75. The van der Waals surface area contributed by atoms with Gasteiger partial charge in [0, 0.05) is 0 Å². The Bertz CT molecular complexity index is 220. The number of aliphatic carboxylic acids is 2. The average molecular weight is 249 g/mol. The van der Waals surface area contributed by atoms with Crippen molar-refractivity contribution in [1.29, 1.82) is 0 Å². The SMILES string of the molecule is C[C@H](N)C(=O)O.O=C(O)[C@@H]1CCCN1.O[B]O. The van der Waals surface area contributed by atoms with E-state index in [0.717, 1.165) is 19.4 Å². The molecule has 1 fully saturated rings. The highest BCUT2D eigenvalue weighted by atomic mass is 16.4. The van der Waals surface area contributed by atoms with Crippen LogP contribution >= 0.6 is 0 Å². The average Bonchev–Trinajstić information content (AvgIpc) is 2.72. The van der Waals surface area contributed by atoms with Crippen LogP contribution in [0.1, 0.15) is 19.8 Å². The predicted molar refractivity (Wildman–Crippen MR) is 60.1 cm³/mol. The van der Waals surface area contributed by atoms with Crippen LogP contribution in [-0.2, 0) is 9.59 Å². The van der Waals surface area contributed by atoms with E-state index in [9.17, 15) is 9.59 Å². The maximum atomic E-state index is 10.1. The van der Waals surface area contributed by atoms with Crippen molar-refractivity contribution in [2.45, 2.75) is 31.8 Å². The zero-order valence-corrected chi connectivity index (χ0v) is 9.54. The summed E-state index contributed by atoms with van der Waals surface area (Å²) < 4.78 is 0. The zero-order valence-electron chi connectivity index (χ0n) is 9.54. The standard InChI is InChI=1S/C5H9NO2.C3H7NO2.BH2O2/c7-5(8)4-2-1-3-6-4;1-2(4)3(5)6;2-1-3/h4,6H,1-3H2,(H,7,8);2H,4H2,1H3,(H,5,6);2-3H/t4-;2-;/m00./s1. The summed E-state index contributed by atoms with van der Waals surface area (Å²) in [4.78, 5) is 19.7. The molecule has 1 aliphatic rings. The first-order chi connectivity index (χ1) is 7.86. The summed E-state index contributed by atoms with van der Waals surface area (Å²) in [7, 11) is 0. The van der Waals surface area contributed by atoms with Crippen LogP contribution in [0.2, 0.25) is 0 Å². The molecule has 0 aromatic carbocycles. The lowest BCUT2D eigenvalue weighted by Crippen LogP contribution is -2.29. The van der Waals surface area contributed by atoms with Gasteiger partial charge in [-0.3, -0.25) is 9.59 Å². The van der Waals surface area contributed by atoms with E-state index in [-0.39, 0.29) is 13.7 Å². The maximum Gasteiger partial charge on any atom is 0.482 e. The van der Waals surface area contributed by atoms with Gasteiger partial charge in [-0.1, -0.05) is 0 Å². The normalized spacial score (nSPS) is 18.9. The largest absolute Gasteiger partial charge is 0.482 e. The minimum absolute atomic E-state index is 0. The van der Waals surface area contributed by atoms with E-state index < -0.39 is 18.0 Å². The van der Waals surface area contributed by atoms with Crippen molar-refractivity contribution in [2.24, 2.45) is 5.73 Å². The first-order valence-electron chi connectivity index (χ1n) is 4.91. The molecule has 0 spiro atoms. The third kappa shape index (κ3) is 12.8. The molecule has 0 aromatic heterocycles. The van der Waals surface area contributed by atoms with Gasteiger partial charge in [0.05, 0.1) is 0 Å². The predicted octanol–water partition coefficient (Wildman–Crippen LogP) is -2.25. The summed E-state index contributed by atoms with van der Waals surface area (Å²) in [5.41, 5.74) is 4.84. The van der Waals surface area contributed by atoms with E-state index in [0.29, 0.717) is 0 Å². The highest BCUT2D eigenvalue weighted by Gasteiger charge is 2.20. The minimum atomic E-state index is -0.963. The van der Waals surface area contributed by atoms with Crippen LogP contribution in [0.3, 0.4) is 0 Å². The molecule has 1 aliphatic heterocycles. The summed E-state index contributed by atoms with van der Waals surface area (Å²) in [5, 5.41) is 33.1. The van der Waals surface area contributed by atoms with Crippen LogP contribution in [0.15, 0.2) is 0 Å². The van der Waals surface area contributed by atoms with Gasteiger partial charge in [0.2, 0.25) is 0 Å².